The van der Waals surface area contributed by atoms with Crippen LogP contribution in [0, 0.1) is 17.7 Å². The zero-order valence-electron chi connectivity index (χ0n) is 15.1. The van der Waals surface area contributed by atoms with Crippen LogP contribution in [0.4, 0.5) is 4.39 Å². The molecule has 0 aromatic heterocycles. The van der Waals surface area contributed by atoms with Crippen LogP contribution in [-0.2, 0) is 0 Å². The molecule has 1 aromatic carbocycles. The minimum atomic E-state index is -0.152. The van der Waals surface area contributed by atoms with Crippen molar-refractivity contribution in [1.82, 2.24) is 4.90 Å². The molecule has 1 aliphatic rings. The normalized spacial score (nSPS) is 17.2. The molecule has 130 valence electrons. The van der Waals surface area contributed by atoms with Gasteiger partial charge in [-0.1, -0.05) is 33.8 Å². The SMILES string of the molecule is CC(C)CCN1CCC(COc2ccc(C(C)C)c(F)c2)CC1. The fourth-order valence-electron chi connectivity index (χ4n) is 3.10. The zero-order valence-corrected chi connectivity index (χ0v) is 15.1. The van der Waals surface area contributed by atoms with Crippen LogP contribution in [0.3, 0.4) is 0 Å². The molecular formula is C20H32FNO. The second-order valence-corrected chi connectivity index (χ2v) is 7.62. The Morgan fingerprint density at radius 2 is 1.87 bits per heavy atom. The number of hydrogen-bond donors (Lipinski definition) is 0. The second kappa shape index (κ2) is 8.68. The first-order chi connectivity index (χ1) is 11.0. The lowest BCUT2D eigenvalue weighted by molar-refractivity contribution is 0.137. The maximum Gasteiger partial charge on any atom is 0.130 e. The van der Waals surface area contributed by atoms with Gasteiger partial charge in [0, 0.05) is 6.07 Å². The van der Waals surface area contributed by atoms with Gasteiger partial charge in [0.25, 0.3) is 0 Å². The predicted molar refractivity (Wildman–Crippen MR) is 94.6 cm³/mol. The first-order valence-electron chi connectivity index (χ1n) is 9.10. The van der Waals surface area contributed by atoms with Gasteiger partial charge in [-0.3, -0.25) is 0 Å². The Morgan fingerprint density at radius 1 is 1.17 bits per heavy atom. The topological polar surface area (TPSA) is 12.5 Å². The third-order valence-electron chi connectivity index (χ3n) is 4.81. The summed E-state index contributed by atoms with van der Waals surface area (Å²) in [6.45, 7) is 12.8. The van der Waals surface area contributed by atoms with Gasteiger partial charge in [-0.25, -0.2) is 4.39 Å². The molecule has 1 aromatic rings. The molecule has 0 bridgehead atoms. The highest BCUT2D eigenvalue weighted by atomic mass is 19.1. The molecule has 1 saturated heterocycles. The van der Waals surface area contributed by atoms with Crippen molar-refractivity contribution in [1.29, 1.82) is 0 Å². The number of rotatable bonds is 7. The van der Waals surface area contributed by atoms with Crippen molar-refractivity contribution in [3.8, 4) is 5.75 Å². The second-order valence-electron chi connectivity index (χ2n) is 7.62. The fraction of sp³-hybridized carbons (Fsp3) is 0.700. The van der Waals surface area contributed by atoms with Crippen molar-refractivity contribution >= 4 is 0 Å². The van der Waals surface area contributed by atoms with Gasteiger partial charge >= 0.3 is 0 Å². The monoisotopic (exact) mass is 321 g/mol. The first kappa shape index (κ1) is 18.3. The van der Waals surface area contributed by atoms with E-state index in [-0.39, 0.29) is 11.7 Å². The van der Waals surface area contributed by atoms with Gasteiger partial charge in [0.1, 0.15) is 11.6 Å². The highest BCUT2D eigenvalue weighted by Gasteiger charge is 2.20. The Morgan fingerprint density at radius 3 is 2.43 bits per heavy atom. The van der Waals surface area contributed by atoms with Crippen LogP contribution in [0.2, 0.25) is 0 Å². The van der Waals surface area contributed by atoms with Crippen molar-refractivity contribution in [2.75, 3.05) is 26.2 Å². The molecule has 1 fully saturated rings. The van der Waals surface area contributed by atoms with Crippen LogP contribution in [0.1, 0.15) is 58.4 Å². The molecule has 1 heterocycles. The molecule has 0 spiro atoms. The molecule has 0 aliphatic carbocycles. The van der Waals surface area contributed by atoms with E-state index in [9.17, 15) is 4.39 Å². The van der Waals surface area contributed by atoms with Gasteiger partial charge in [0.15, 0.2) is 0 Å². The third-order valence-corrected chi connectivity index (χ3v) is 4.81. The molecule has 0 unspecified atom stereocenters. The zero-order chi connectivity index (χ0) is 16.8. The van der Waals surface area contributed by atoms with E-state index in [0.717, 1.165) is 11.5 Å². The van der Waals surface area contributed by atoms with Gasteiger partial charge in [-0.05, 0) is 68.3 Å². The Bertz CT molecular complexity index is 479. The van der Waals surface area contributed by atoms with E-state index < -0.39 is 0 Å². The van der Waals surface area contributed by atoms with Crippen LogP contribution in [-0.4, -0.2) is 31.1 Å². The highest BCUT2D eigenvalue weighted by Crippen LogP contribution is 2.24. The van der Waals surface area contributed by atoms with Gasteiger partial charge in [0.2, 0.25) is 0 Å². The van der Waals surface area contributed by atoms with E-state index in [2.05, 4.69) is 18.7 Å². The van der Waals surface area contributed by atoms with E-state index in [1.165, 1.54) is 45.0 Å². The number of ether oxygens (including phenoxy) is 1. The lowest BCUT2D eigenvalue weighted by Crippen LogP contribution is -2.36. The van der Waals surface area contributed by atoms with E-state index >= 15 is 0 Å². The first-order valence-corrected chi connectivity index (χ1v) is 9.10. The lowest BCUT2D eigenvalue weighted by atomic mass is 9.97. The number of hydrogen-bond acceptors (Lipinski definition) is 2. The van der Waals surface area contributed by atoms with Crippen molar-refractivity contribution in [3.05, 3.63) is 29.6 Å². The van der Waals surface area contributed by atoms with Crippen LogP contribution in [0.5, 0.6) is 5.75 Å². The van der Waals surface area contributed by atoms with Crippen LogP contribution < -0.4 is 4.74 Å². The van der Waals surface area contributed by atoms with Crippen molar-refractivity contribution in [2.24, 2.45) is 11.8 Å². The number of likely N-dealkylation sites (tertiary alicyclic amines) is 1. The highest BCUT2D eigenvalue weighted by molar-refractivity contribution is 5.30. The number of benzene rings is 1. The summed E-state index contributed by atoms with van der Waals surface area (Å²) in [6, 6.07) is 5.28. The van der Waals surface area contributed by atoms with E-state index in [0.29, 0.717) is 18.3 Å². The van der Waals surface area contributed by atoms with Crippen LogP contribution in [0.25, 0.3) is 0 Å². The Hall–Kier alpha value is -1.09. The largest absolute Gasteiger partial charge is 0.493 e. The van der Waals surface area contributed by atoms with Gasteiger partial charge < -0.3 is 9.64 Å². The third kappa shape index (κ3) is 5.80. The maximum atomic E-state index is 14.0. The minimum Gasteiger partial charge on any atom is -0.493 e. The lowest BCUT2D eigenvalue weighted by Gasteiger charge is -2.32. The van der Waals surface area contributed by atoms with Gasteiger partial charge in [-0.15, -0.1) is 0 Å². The summed E-state index contributed by atoms with van der Waals surface area (Å²) >= 11 is 0. The summed E-state index contributed by atoms with van der Waals surface area (Å²) < 4.78 is 19.8. The molecule has 23 heavy (non-hydrogen) atoms. The maximum absolute atomic E-state index is 14.0. The van der Waals surface area contributed by atoms with Crippen LogP contribution in [0.15, 0.2) is 18.2 Å². The van der Waals surface area contributed by atoms with Gasteiger partial charge in [0.05, 0.1) is 6.61 Å². The summed E-state index contributed by atoms with van der Waals surface area (Å²) in [4.78, 5) is 2.56. The molecule has 0 saturated carbocycles. The molecule has 0 radical (unpaired) electrons. The fourth-order valence-corrected chi connectivity index (χ4v) is 3.10. The van der Waals surface area contributed by atoms with Crippen molar-refractivity contribution < 1.29 is 9.13 Å². The summed E-state index contributed by atoms with van der Waals surface area (Å²) in [7, 11) is 0. The Kier molecular flexibility index (Phi) is 6.88. The van der Waals surface area contributed by atoms with E-state index in [1.807, 2.05) is 26.0 Å². The summed E-state index contributed by atoms with van der Waals surface area (Å²) in [5, 5.41) is 0. The van der Waals surface area contributed by atoms with Crippen LogP contribution >= 0.6 is 0 Å². The van der Waals surface area contributed by atoms with Gasteiger partial charge in [-0.2, -0.15) is 0 Å². The summed E-state index contributed by atoms with van der Waals surface area (Å²) in [5.41, 5.74) is 0.760. The van der Waals surface area contributed by atoms with E-state index in [4.69, 9.17) is 4.74 Å². The smallest absolute Gasteiger partial charge is 0.130 e. The number of piperidine rings is 1. The predicted octanol–water partition coefficient (Wildman–Crippen LogP) is 5.09. The summed E-state index contributed by atoms with van der Waals surface area (Å²) in [5.74, 6) is 2.09. The average Bonchev–Trinajstić information content (AvgIpc) is 2.51. The molecule has 0 atom stereocenters. The molecule has 0 amide bonds. The van der Waals surface area contributed by atoms with Crippen molar-refractivity contribution in [2.45, 2.75) is 52.9 Å². The minimum absolute atomic E-state index is 0.152. The molecule has 2 rings (SSSR count). The molecular weight excluding hydrogens is 289 g/mol. The number of nitrogens with zero attached hydrogens (tertiary/aromatic N) is 1. The molecule has 2 nitrogen and oxygen atoms in total. The molecule has 1 aliphatic heterocycles. The Labute approximate surface area is 141 Å². The standard InChI is InChI=1S/C20H32FNO/c1-15(2)7-10-22-11-8-17(9-12-22)14-23-18-5-6-19(16(3)4)20(21)13-18/h5-6,13,15-17H,7-12,14H2,1-4H3. The Balaban J connectivity index is 1.74. The summed E-state index contributed by atoms with van der Waals surface area (Å²) in [6.07, 6.45) is 3.65. The number of halogens is 1. The quantitative estimate of drug-likeness (QED) is 0.694. The molecule has 3 heteroatoms. The van der Waals surface area contributed by atoms with Crippen molar-refractivity contribution in [3.63, 3.8) is 0 Å². The average molecular weight is 321 g/mol. The van der Waals surface area contributed by atoms with E-state index in [1.54, 1.807) is 0 Å². The molecule has 0 N–H and O–H groups in total.